The maximum Gasteiger partial charge on any atom is 0.223 e. The molecule has 0 unspecified atom stereocenters. The summed E-state index contributed by atoms with van der Waals surface area (Å²) in [7, 11) is 0. The highest BCUT2D eigenvalue weighted by atomic mass is 32.1. The zero-order chi connectivity index (χ0) is 13.7. The fraction of sp³-hybridized carbons (Fsp3) is 0.538. The Kier molecular flexibility index (Phi) is 4.93. The largest absolute Gasteiger partial charge is 0.395 e. The van der Waals surface area contributed by atoms with Crippen molar-refractivity contribution in [2.45, 2.75) is 25.8 Å². The van der Waals surface area contributed by atoms with Gasteiger partial charge in [-0.15, -0.1) is 11.3 Å². The summed E-state index contributed by atoms with van der Waals surface area (Å²) < 4.78 is 0. The molecule has 0 radical (unpaired) electrons. The summed E-state index contributed by atoms with van der Waals surface area (Å²) in [4.78, 5) is 26.5. The van der Waals surface area contributed by atoms with E-state index in [1.54, 1.807) is 11.3 Å². The first-order valence-electron chi connectivity index (χ1n) is 6.41. The van der Waals surface area contributed by atoms with Crippen LogP contribution in [0.5, 0.6) is 0 Å². The van der Waals surface area contributed by atoms with Gasteiger partial charge >= 0.3 is 0 Å². The Hall–Kier alpha value is -1.40. The van der Waals surface area contributed by atoms with Crippen LogP contribution in [0.1, 0.15) is 23.3 Å². The minimum Gasteiger partial charge on any atom is -0.395 e. The van der Waals surface area contributed by atoms with Crippen LogP contribution in [0, 0.1) is 0 Å². The summed E-state index contributed by atoms with van der Waals surface area (Å²) in [5, 5.41) is 13.2. The first-order chi connectivity index (χ1) is 9.20. The maximum absolute atomic E-state index is 12.0. The van der Waals surface area contributed by atoms with E-state index in [1.807, 2.05) is 4.90 Å². The number of amides is 2. The van der Waals surface area contributed by atoms with Crippen molar-refractivity contribution >= 4 is 23.2 Å². The first-order valence-corrected chi connectivity index (χ1v) is 7.29. The molecule has 0 saturated carbocycles. The monoisotopic (exact) mass is 282 g/mol. The molecule has 5 nitrogen and oxygen atoms in total. The molecule has 2 amide bonds. The van der Waals surface area contributed by atoms with Crippen LogP contribution in [0.15, 0.2) is 11.4 Å². The average molecular weight is 282 g/mol. The summed E-state index contributed by atoms with van der Waals surface area (Å²) in [5.74, 6) is -0.161. The lowest BCUT2D eigenvalue weighted by molar-refractivity contribution is -0.134. The van der Waals surface area contributed by atoms with Gasteiger partial charge in [-0.2, -0.15) is 0 Å². The number of carbonyl (C=O) groups excluding carboxylic acids is 2. The van der Waals surface area contributed by atoms with E-state index in [-0.39, 0.29) is 37.8 Å². The number of nitrogens with one attached hydrogen (secondary N) is 1. The van der Waals surface area contributed by atoms with Crippen molar-refractivity contribution in [1.29, 1.82) is 0 Å². The molecule has 1 aliphatic rings. The van der Waals surface area contributed by atoms with Crippen LogP contribution in [0.2, 0.25) is 0 Å². The number of hydrogen-bond donors (Lipinski definition) is 2. The van der Waals surface area contributed by atoms with Gasteiger partial charge in [0.25, 0.3) is 0 Å². The number of carbonyl (C=O) groups is 2. The molecule has 1 aliphatic heterocycles. The topological polar surface area (TPSA) is 69.6 Å². The third-order valence-corrected chi connectivity index (χ3v) is 4.18. The van der Waals surface area contributed by atoms with Gasteiger partial charge in [0.2, 0.25) is 11.8 Å². The molecule has 0 saturated heterocycles. The number of rotatable bonds is 5. The first kappa shape index (κ1) is 14.0. The van der Waals surface area contributed by atoms with Gasteiger partial charge in [-0.05, 0) is 23.4 Å². The highest BCUT2D eigenvalue weighted by Crippen LogP contribution is 2.24. The third kappa shape index (κ3) is 3.78. The Morgan fingerprint density at radius 3 is 3.05 bits per heavy atom. The molecule has 0 fully saturated rings. The van der Waals surface area contributed by atoms with Crippen molar-refractivity contribution in [3.05, 3.63) is 21.9 Å². The van der Waals surface area contributed by atoms with E-state index in [1.165, 1.54) is 10.4 Å². The Morgan fingerprint density at radius 2 is 2.26 bits per heavy atom. The molecule has 0 aromatic carbocycles. The second kappa shape index (κ2) is 6.68. The zero-order valence-electron chi connectivity index (χ0n) is 10.7. The Bertz CT molecular complexity index is 458. The van der Waals surface area contributed by atoms with Crippen molar-refractivity contribution in [3.8, 4) is 0 Å². The van der Waals surface area contributed by atoms with Gasteiger partial charge in [0.1, 0.15) is 0 Å². The normalized spacial score (nSPS) is 14.1. The van der Waals surface area contributed by atoms with Crippen LogP contribution in [-0.2, 0) is 22.6 Å². The van der Waals surface area contributed by atoms with Gasteiger partial charge in [0.05, 0.1) is 6.61 Å². The minimum atomic E-state index is -0.185. The fourth-order valence-electron chi connectivity index (χ4n) is 2.12. The number of hydrogen-bond acceptors (Lipinski definition) is 4. The predicted octanol–water partition coefficient (Wildman–Crippen LogP) is 0.521. The van der Waals surface area contributed by atoms with E-state index in [2.05, 4.69) is 16.8 Å². The number of aliphatic hydroxyl groups is 1. The molecule has 1 aromatic rings. The van der Waals surface area contributed by atoms with Crippen LogP contribution in [0.3, 0.4) is 0 Å². The lowest BCUT2D eigenvalue weighted by atomic mass is 10.1. The van der Waals surface area contributed by atoms with Crippen molar-refractivity contribution in [2.24, 2.45) is 0 Å². The van der Waals surface area contributed by atoms with Gasteiger partial charge in [-0.3, -0.25) is 9.59 Å². The minimum absolute atomic E-state index is 0.0241. The second-order valence-corrected chi connectivity index (χ2v) is 5.51. The molecule has 0 aliphatic carbocycles. The van der Waals surface area contributed by atoms with Crippen LogP contribution in [0.25, 0.3) is 0 Å². The van der Waals surface area contributed by atoms with E-state index in [0.717, 1.165) is 13.0 Å². The van der Waals surface area contributed by atoms with E-state index in [0.29, 0.717) is 6.54 Å². The predicted molar refractivity (Wildman–Crippen MR) is 72.8 cm³/mol. The number of thiophene rings is 1. The van der Waals surface area contributed by atoms with Crippen molar-refractivity contribution in [2.75, 3.05) is 19.7 Å². The molecule has 0 bridgehead atoms. The Balaban J connectivity index is 1.77. The van der Waals surface area contributed by atoms with Gasteiger partial charge in [-0.25, -0.2) is 0 Å². The lowest BCUT2D eigenvalue weighted by Crippen LogP contribution is -2.36. The molecule has 1 aromatic heterocycles. The van der Waals surface area contributed by atoms with Crippen LogP contribution in [-0.4, -0.2) is 41.5 Å². The molecular weight excluding hydrogens is 264 g/mol. The van der Waals surface area contributed by atoms with Crippen molar-refractivity contribution in [3.63, 3.8) is 0 Å². The van der Waals surface area contributed by atoms with Crippen molar-refractivity contribution in [1.82, 2.24) is 10.2 Å². The molecule has 0 atom stereocenters. The summed E-state index contributed by atoms with van der Waals surface area (Å²) >= 11 is 1.74. The summed E-state index contributed by atoms with van der Waals surface area (Å²) in [5.41, 5.74) is 1.23. The standard InChI is InChI=1S/C13H18N2O3S/c16-7-5-14-12(17)1-2-13(18)15-6-3-11-10(9-15)4-8-19-11/h4,8,16H,1-3,5-7,9H2,(H,14,17). The van der Waals surface area contributed by atoms with E-state index < -0.39 is 0 Å². The third-order valence-electron chi connectivity index (χ3n) is 3.16. The van der Waals surface area contributed by atoms with Gasteiger partial charge in [-0.1, -0.05) is 0 Å². The maximum atomic E-state index is 12.0. The quantitative estimate of drug-likeness (QED) is 0.827. The molecule has 2 rings (SSSR count). The fourth-order valence-corrected chi connectivity index (χ4v) is 3.01. The number of fused-ring (bicyclic) bond motifs is 1. The van der Waals surface area contributed by atoms with E-state index >= 15 is 0 Å². The van der Waals surface area contributed by atoms with E-state index in [9.17, 15) is 9.59 Å². The lowest BCUT2D eigenvalue weighted by Gasteiger charge is -2.27. The van der Waals surface area contributed by atoms with Crippen molar-refractivity contribution < 1.29 is 14.7 Å². The Morgan fingerprint density at radius 1 is 1.42 bits per heavy atom. The number of nitrogens with zero attached hydrogens (tertiary/aromatic N) is 1. The summed E-state index contributed by atoms with van der Waals surface area (Å²) in [6.07, 6.45) is 1.33. The smallest absolute Gasteiger partial charge is 0.223 e. The molecule has 2 heterocycles. The molecule has 0 spiro atoms. The molecular formula is C13H18N2O3S. The molecule has 2 N–H and O–H groups in total. The number of aliphatic hydroxyl groups excluding tert-OH is 1. The van der Waals surface area contributed by atoms with E-state index in [4.69, 9.17) is 5.11 Å². The summed E-state index contributed by atoms with van der Waals surface area (Å²) in [6.45, 7) is 1.57. The van der Waals surface area contributed by atoms with Crippen LogP contribution in [0.4, 0.5) is 0 Å². The SMILES string of the molecule is O=C(CCC(=O)N1CCc2sccc2C1)NCCO. The molecule has 6 heteroatoms. The van der Waals surface area contributed by atoms with Gasteiger partial charge in [0, 0.05) is 37.4 Å². The highest BCUT2D eigenvalue weighted by Gasteiger charge is 2.21. The highest BCUT2D eigenvalue weighted by molar-refractivity contribution is 7.10. The van der Waals surface area contributed by atoms with Gasteiger partial charge in [0.15, 0.2) is 0 Å². The second-order valence-electron chi connectivity index (χ2n) is 4.51. The summed E-state index contributed by atoms with van der Waals surface area (Å²) in [6, 6.07) is 2.06. The van der Waals surface area contributed by atoms with Gasteiger partial charge < -0.3 is 15.3 Å². The Labute approximate surface area is 116 Å². The zero-order valence-corrected chi connectivity index (χ0v) is 11.5. The van der Waals surface area contributed by atoms with Crippen LogP contribution < -0.4 is 5.32 Å². The van der Waals surface area contributed by atoms with Crippen LogP contribution >= 0.6 is 11.3 Å². The molecule has 19 heavy (non-hydrogen) atoms. The molecule has 104 valence electrons. The average Bonchev–Trinajstić information content (AvgIpc) is 2.89.